The largest absolute Gasteiger partial charge is 0.395 e. The molecule has 17 heavy (non-hydrogen) atoms. The summed E-state index contributed by atoms with van der Waals surface area (Å²) < 4.78 is 1.71. The molecule has 88 valence electrons. The van der Waals surface area contributed by atoms with Crippen LogP contribution in [-0.2, 0) is 5.41 Å². The molecule has 0 unspecified atom stereocenters. The predicted octanol–water partition coefficient (Wildman–Crippen LogP) is 1.94. The third-order valence-corrected chi connectivity index (χ3v) is 3.54. The summed E-state index contributed by atoms with van der Waals surface area (Å²) in [7, 11) is 0. The van der Waals surface area contributed by atoms with Gasteiger partial charge in [-0.3, -0.25) is 0 Å². The lowest BCUT2D eigenvalue weighted by molar-refractivity contribution is 0.252. The van der Waals surface area contributed by atoms with E-state index in [9.17, 15) is 5.11 Å². The first-order valence-corrected chi connectivity index (χ1v) is 5.91. The van der Waals surface area contributed by atoms with Crippen LogP contribution < -0.4 is 0 Å². The first kappa shape index (κ1) is 10.7. The van der Waals surface area contributed by atoms with Crippen molar-refractivity contribution in [1.29, 1.82) is 0 Å². The number of aromatic nitrogens is 3. The number of aliphatic hydroxyl groups excluding tert-OH is 1. The third kappa shape index (κ3) is 1.83. The van der Waals surface area contributed by atoms with Crippen molar-refractivity contribution < 1.29 is 5.11 Å². The van der Waals surface area contributed by atoms with Crippen LogP contribution in [0.25, 0.3) is 5.69 Å². The number of hydrogen-bond donors (Lipinski definition) is 1. The smallest absolute Gasteiger partial charge is 0.0916 e. The lowest BCUT2D eigenvalue weighted by atomic mass is 10.1. The summed E-state index contributed by atoms with van der Waals surface area (Å²) in [4.78, 5) is 0. The summed E-state index contributed by atoms with van der Waals surface area (Å²) in [6, 6.07) is 7.41. The molecular formula is C12H12ClN3O. The molecule has 0 amide bonds. The molecule has 0 atom stereocenters. The molecule has 2 aromatic rings. The molecule has 0 aliphatic heterocycles. The molecule has 1 aliphatic carbocycles. The maximum absolute atomic E-state index is 9.33. The molecule has 1 saturated carbocycles. The van der Waals surface area contributed by atoms with E-state index in [1.807, 2.05) is 30.5 Å². The van der Waals surface area contributed by atoms with Crippen LogP contribution in [0.5, 0.6) is 0 Å². The predicted molar refractivity (Wildman–Crippen MR) is 64.4 cm³/mol. The summed E-state index contributed by atoms with van der Waals surface area (Å²) in [6.07, 6.45) is 3.86. The Balaban J connectivity index is 1.92. The molecule has 1 fully saturated rings. The third-order valence-electron chi connectivity index (χ3n) is 3.28. The van der Waals surface area contributed by atoms with Gasteiger partial charge in [0.15, 0.2) is 0 Å². The molecule has 0 bridgehead atoms. The summed E-state index contributed by atoms with van der Waals surface area (Å²) in [6.45, 7) is 0.145. The van der Waals surface area contributed by atoms with Crippen LogP contribution in [0.3, 0.4) is 0 Å². The zero-order chi connectivity index (χ0) is 11.9. The fourth-order valence-electron chi connectivity index (χ4n) is 1.87. The Hall–Kier alpha value is -1.39. The monoisotopic (exact) mass is 249 g/mol. The van der Waals surface area contributed by atoms with E-state index in [-0.39, 0.29) is 12.0 Å². The fourth-order valence-corrected chi connectivity index (χ4v) is 2.00. The van der Waals surface area contributed by atoms with Crippen LogP contribution in [-0.4, -0.2) is 26.7 Å². The van der Waals surface area contributed by atoms with Crippen LogP contribution in [0.4, 0.5) is 0 Å². The van der Waals surface area contributed by atoms with Crippen molar-refractivity contribution in [3.63, 3.8) is 0 Å². The molecule has 0 radical (unpaired) electrons. The highest BCUT2D eigenvalue weighted by Gasteiger charge is 2.46. The van der Waals surface area contributed by atoms with Crippen LogP contribution in [0.15, 0.2) is 30.5 Å². The van der Waals surface area contributed by atoms with E-state index in [0.29, 0.717) is 5.02 Å². The number of nitrogens with zero attached hydrogens (tertiary/aromatic N) is 3. The maximum Gasteiger partial charge on any atom is 0.0916 e. The Morgan fingerprint density at radius 3 is 2.59 bits per heavy atom. The number of hydrogen-bond acceptors (Lipinski definition) is 3. The van der Waals surface area contributed by atoms with E-state index in [1.165, 1.54) is 0 Å². The minimum Gasteiger partial charge on any atom is -0.395 e. The SMILES string of the molecule is OCC1(c2cn(-c3ccc(Cl)cc3)nn2)CC1. The number of aliphatic hydroxyl groups is 1. The molecule has 4 nitrogen and oxygen atoms in total. The van der Waals surface area contributed by atoms with Crippen molar-refractivity contribution in [2.24, 2.45) is 0 Å². The standard InChI is InChI=1S/C12H12ClN3O/c13-9-1-3-10(4-2-9)16-7-11(14-15-16)12(8-17)5-6-12/h1-4,7,17H,5-6,8H2. The minimum atomic E-state index is -0.134. The van der Waals surface area contributed by atoms with Crippen molar-refractivity contribution >= 4 is 11.6 Å². The quantitative estimate of drug-likeness (QED) is 0.905. The molecule has 1 N–H and O–H groups in total. The first-order chi connectivity index (χ1) is 8.23. The molecule has 1 heterocycles. The Kier molecular flexibility index (Phi) is 2.42. The average Bonchev–Trinajstić information content (AvgIpc) is 3.00. The fraction of sp³-hybridized carbons (Fsp3) is 0.333. The summed E-state index contributed by atoms with van der Waals surface area (Å²) in [5.74, 6) is 0. The zero-order valence-corrected chi connectivity index (χ0v) is 9.93. The van der Waals surface area contributed by atoms with E-state index in [1.54, 1.807) is 4.68 Å². The van der Waals surface area contributed by atoms with Gasteiger partial charge in [-0.1, -0.05) is 16.8 Å². The van der Waals surface area contributed by atoms with Gasteiger partial charge in [0.25, 0.3) is 0 Å². The van der Waals surface area contributed by atoms with Gasteiger partial charge >= 0.3 is 0 Å². The van der Waals surface area contributed by atoms with Crippen molar-refractivity contribution in [3.8, 4) is 5.69 Å². The summed E-state index contributed by atoms with van der Waals surface area (Å²) in [5, 5.41) is 18.3. The van der Waals surface area contributed by atoms with Crippen LogP contribution >= 0.6 is 11.6 Å². The average molecular weight is 250 g/mol. The molecule has 0 saturated heterocycles. The minimum absolute atomic E-state index is 0.134. The van der Waals surface area contributed by atoms with E-state index in [4.69, 9.17) is 11.6 Å². The van der Waals surface area contributed by atoms with Gasteiger partial charge in [-0.15, -0.1) is 5.10 Å². The van der Waals surface area contributed by atoms with Gasteiger partial charge < -0.3 is 5.11 Å². The topological polar surface area (TPSA) is 50.9 Å². The highest BCUT2D eigenvalue weighted by atomic mass is 35.5. The lowest BCUT2D eigenvalue weighted by Gasteiger charge is -2.05. The zero-order valence-electron chi connectivity index (χ0n) is 9.17. The van der Waals surface area contributed by atoms with Crippen LogP contribution in [0.1, 0.15) is 18.5 Å². The van der Waals surface area contributed by atoms with Gasteiger partial charge in [0.2, 0.25) is 0 Å². The lowest BCUT2D eigenvalue weighted by Crippen LogP contribution is -2.12. The van der Waals surface area contributed by atoms with Gasteiger partial charge in [-0.25, -0.2) is 4.68 Å². The van der Waals surface area contributed by atoms with E-state index in [2.05, 4.69) is 10.3 Å². The second-order valence-electron chi connectivity index (χ2n) is 4.46. The molecule has 1 aromatic heterocycles. The number of halogens is 1. The highest BCUT2D eigenvalue weighted by Crippen LogP contribution is 2.46. The van der Waals surface area contributed by atoms with Gasteiger partial charge in [-0.05, 0) is 37.1 Å². The molecule has 1 aromatic carbocycles. The second-order valence-corrected chi connectivity index (χ2v) is 4.90. The van der Waals surface area contributed by atoms with E-state index in [0.717, 1.165) is 24.2 Å². The normalized spacial score (nSPS) is 17.1. The number of rotatable bonds is 3. The van der Waals surface area contributed by atoms with Gasteiger partial charge in [0.05, 0.1) is 24.2 Å². The van der Waals surface area contributed by atoms with E-state index >= 15 is 0 Å². The van der Waals surface area contributed by atoms with E-state index < -0.39 is 0 Å². The Bertz CT molecular complexity index is 531. The molecule has 3 rings (SSSR count). The van der Waals surface area contributed by atoms with Gasteiger partial charge in [0, 0.05) is 10.4 Å². The Morgan fingerprint density at radius 1 is 1.29 bits per heavy atom. The maximum atomic E-state index is 9.33. The molecular weight excluding hydrogens is 238 g/mol. The van der Waals surface area contributed by atoms with Crippen molar-refractivity contribution in [1.82, 2.24) is 15.0 Å². The van der Waals surface area contributed by atoms with Gasteiger partial charge in [0.1, 0.15) is 0 Å². The van der Waals surface area contributed by atoms with Crippen molar-refractivity contribution in [2.45, 2.75) is 18.3 Å². The highest BCUT2D eigenvalue weighted by molar-refractivity contribution is 6.30. The number of benzene rings is 1. The first-order valence-electron chi connectivity index (χ1n) is 5.53. The summed E-state index contributed by atoms with van der Waals surface area (Å²) >= 11 is 5.83. The summed E-state index contributed by atoms with van der Waals surface area (Å²) in [5.41, 5.74) is 1.65. The Morgan fingerprint density at radius 2 is 2.00 bits per heavy atom. The van der Waals surface area contributed by atoms with Gasteiger partial charge in [-0.2, -0.15) is 0 Å². The molecule has 0 spiro atoms. The Labute approximate surface area is 104 Å². The molecule has 5 heteroatoms. The second kappa shape index (κ2) is 3.82. The van der Waals surface area contributed by atoms with Crippen molar-refractivity contribution in [3.05, 3.63) is 41.2 Å². The van der Waals surface area contributed by atoms with Crippen molar-refractivity contribution in [2.75, 3.05) is 6.61 Å². The van der Waals surface area contributed by atoms with Crippen LogP contribution in [0.2, 0.25) is 5.02 Å². The molecule has 1 aliphatic rings. The van der Waals surface area contributed by atoms with Crippen LogP contribution in [0, 0.1) is 0 Å².